The first-order valence-corrected chi connectivity index (χ1v) is 7.41. The van der Waals surface area contributed by atoms with Crippen LogP contribution in [0.1, 0.15) is 45.1 Å². The molecule has 102 valence electrons. The minimum atomic E-state index is -0.231. The van der Waals surface area contributed by atoms with Crippen molar-refractivity contribution >= 4 is 15.9 Å². The average Bonchev–Trinajstić information content (AvgIpc) is 2.40. The zero-order chi connectivity index (χ0) is 13.6. The highest BCUT2D eigenvalue weighted by atomic mass is 79.9. The van der Waals surface area contributed by atoms with Gasteiger partial charge in [-0.05, 0) is 52.2 Å². The van der Waals surface area contributed by atoms with Crippen molar-refractivity contribution < 1.29 is 9.50 Å². The van der Waals surface area contributed by atoms with Crippen molar-refractivity contribution in [3.05, 3.63) is 34.1 Å². The third-order valence-electron chi connectivity index (χ3n) is 3.74. The van der Waals surface area contributed by atoms with E-state index < -0.39 is 0 Å². The highest BCUT2D eigenvalue weighted by Gasteiger charge is 2.28. The summed E-state index contributed by atoms with van der Waals surface area (Å²) in [6, 6.07) is 5.11. The van der Waals surface area contributed by atoms with Gasteiger partial charge < -0.3 is 5.11 Å². The molecule has 1 aromatic carbocycles. The van der Waals surface area contributed by atoms with Gasteiger partial charge in [0.05, 0.1) is 4.47 Å². The standard InChI is InChI=1S/C15H22BrFO/c1-3-5-9-15(4-2,11-18)10-12-7-6-8-13(17)14(12)16/h6-8,18H,3-5,9-11H2,1-2H3. The van der Waals surface area contributed by atoms with Crippen molar-refractivity contribution in [3.8, 4) is 0 Å². The Morgan fingerprint density at radius 1 is 1.33 bits per heavy atom. The number of rotatable bonds is 7. The second-order valence-electron chi connectivity index (χ2n) is 5.00. The molecule has 0 bridgehead atoms. The predicted octanol–water partition coefficient (Wildman–Crippen LogP) is 4.71. The minimum absolute atomic E-state index is 0.119. The normalized spacial score (nSPS) is 14.5. The van der Waals surface area contributed by atoms with E-state index in [1.165, 1.54) is 6.07 Å². The van der Waals surface area contributed by atoms with Gasteiger partial charge in [-0.25, -0.2) is 4.39 Å². The maximum Gasteiger partial charge on any atom is 0.137 e. The van der Waals surface area contributed by atoms with E-state index in [-0.39, 0.29) is 17.8 Å². The van der Waals surface area contributed by atoms with Gasteiger partial charge in [0.15, 0.2) is 0 Å². The predicted molar refractivity (Wildman–Crippen MR) is 77.1 cm³/mol. The zero-order valence-electron chi connectivity index (χ0n) is 11.2. The third-order valence-corrected chi connectivity index (χ3v) is 4.63. The molecule has 1 atom stereocenters. The SMILES string of the molecule is CCCCC(CC)(CO)Cc1cccc(F)c1Br. The van der Waals surface area contributed by atoms with Crippen molar-refractivity contribution in [2.24, 2.45) is 5.41 Å². The van der Waals surface area contributed by atoms with E-state index in [1.54, 1.807) is 6.07 Å². The van der Waals surface area contributed by atoms with E-state index in [9.17, 15) is 9.50 Å². The minimum Gasteiger partial charge on any atom is -0.396 e. The summed E-state index contributed by atoms with van der Waals surface area (Å²) in [7, 11) is 0. The van der Waals surface area contributed by atoms with Crippen LogP contribution in [0.5, 0.6) is 0 Å². The fraction of sp³-hybridized carbons (Fsp3) is 0.600. The fourth-order valence-electron chi connectivity index (χ4n) is 2.28. The van der Waals surface area contributed by atoms with Gasteiger partial charge in [0.1, 0.15) is 5.82 Å². The summed E-state index contributed by atoms with van der Waals surface area (Å²) in [5, 5.41) is 9.72. The molecule has 1 aromatic rings. The van der Waals surface area contributed by atoms with Gasteiger partial charge in [0.2, 0.25) is 0 Å². The Morgan fingerprint density at radius 2 is 2.06 bits per heavy atom. The molecule has 1 unspecified atom stereocenters. The number of aliphatic hydroxyl groups is 1. The smallest absolute Gasteiger partial charge is 0.137 e. The molecule has 0 saturated heterocycles. The lowest BCUT2D eigenvalue weighted by Crippen LogP contribution is -2.27. The number of benzene rings is 1. The average molecular weight is 317 g/mol. The van der Waals surface area contributed by atoms with Crippen LogP contribution in [0, 0.1) is 11.2 Å². The Balaban J connectivity index is 2.92. The van der Waals surface area contributed by atoms with Crippen LogP contribution in [0.4, 0.5) is 4.39 Å². The van der Waals surface area contributed by atoms with Crippen LogP contribution < -0.4 is 0 Å². The summed E-state index contributed by atoms with van der Waals surface area (Å²) in [6.45, 7) is 4.40. The molecule has 0 aliphatic heterocycles. The molecule has 18 heavy (non-hydrogen) atoms. The lowest BCUT2D eigenvalue weighted by Gasteiger charge is -2.31. The molecule has 0 radical (unpaired) electrons. The second kappa shape index (κ2) is 7.25. The summed E-state index contributed by atoms with van der Waals surface area (Å²) < 4.78 is 14.0. The van der Waals surface area contributed by atoms with E-state index in [1.807, 2.05) is 6.07 Å². The van der Waals surface area contributed by atoms with Crippen LogP contribution in [0.2, 0.25) is 0 Å². The lowest BCUT2D eigenvalue weighted by molar-refractivity contribution is 0.107. The Hall–Kier alpha value is -0.410. The molecule has 1 N–H and O–H groups in total. The molecule has 0 aliphatic rings. The molecular weight excluding hydrogens is 295 g/mol. The molecule has 3 heteroatoms. The molecule has 0 aliphatic carbocycles. The van der Waals surface area contributed by atoms with Crippen LogP contribution in [0.3, 0.4) is 0 Å². The number of halogens is 2. The molecule has 1 nitrogen and oxygen atoms in total. The summed E-state index contributed by atoms with van der Waals surface area (Å²) in [5.41, 5.74) is 0.828. The summed E-state index contributed by atoms with van der Waals surface area (Å²) in [4.78, 5) is 0. The van der Waals surface area contributed by atoms with E-state index >= 15 is 0 Å². The van der Waals surface area contributed by atoms with E-state index in [2.05, 4.69) is 29.8 Å². The maximum absolute atomic E-state index is 13.5. The van der Waals surface area contributed by atoms with Crippen molar-refractivity contribution in [1.82, 2.24) is 0 Å². The van der Waals surface area contributed by atoms with Crippen molar-refractivity contribution in [1.29, 1.82) is 0 Å². The molecule has 0 heterocycles. The largest absolute Gasteiger partial charge is 0.396 e. The number of hydrogen-bond acceptors (Lipinski definition) is 1. The number of unbranched alkanes of at least 4 members (excludes halogenated alkanes) is 1. The van der Waals surface area contributed by atoms with Crippen LogP contribution in [-0.4, -0.2) is 11.7 Å². The van der Waals surface area contributed by atoms with E-state index in [4.69, 9.17) is 0 Å². The Labute approximate surface area is 118 Å². The zero-order valence-corrected chi connectivity index (χ0v) is 12.8. The maximum atomic E-state index is 13.5. The molecule has 0 amide bonds. The first kappa shape index (κ1) is 15.6. The summed E-state index contributed by atoms with van der Waals surface area (Å²) in [5.74, 6) is -0.231. The quantitative estimate of drug-likeness (QED) is 0.772. The van der Waals surface area contributed by atoms with E-state index in [0.717, 1.165) is 37.7 Å². The molecule has 0 fully saturated rings. The van der Waals surface area contributed by atoms with Gasteiger partial charge in [0.25, 0.3) is 0 Å². The molecule has 0 saturated carbocycles. The fourth-order valence-corrected chi connectivity index (χ4v) is 2.68. The van der Waals surface area contributed by atoms with Crippen molar-refractivity contribution in [3.63, 3.8) is 0 Å². The Morgan fingerprint density at radius 3 is 2.61 bits per heavy atom. The summed E-state index contributed by atoms with van der Waals surface area (Å²) in [6.07, 6.45) is 4.83. The van der Waals surface area contributed by atoms with Crippen molar-refractivity contribution in [2.45, 2.75) is 46.0 Å². The van der Waals surface area contributed by atoms with Crippen LogP contribution >= 0.6 is 15.9 Å². The van der Waals surface area contributed by atoms with Crippen LogP contribution in [-0.2, 0) is 6.42 Å². The monoisotopic (exact) mass is 316 g/mol. The van der Waals surface area contributed by atoms with Gasteiger partial charge in [-0.1, -0.05) is 38.8 Å². The molecular formula is C15H22BrFO. The van der Waals surface area contributed by atoms with Crippen molar-refractivity contribution in [2.75, 3.05) is 6.61 Å². The van der Waals surface area contributed by atoms with Gasteiger partial charge in [-0.3, -0.25) is 0 Å². The Bertz CT molecular complexity index is 375. The Kier molecular flexibility index (Phi) is 6.30. The summed E-state index contributed by atoms with van der Waals surface area (Å²) >= 11 is 3.30. The number of aliphatic hydroxyl groups excluding tert-OH is 1. The topological polar surface area (TPSA) is 20.2 Å². The van der Waals surface area contributed by atoms with Gasteiger partial charge in [-0.15, -0.1) is 0 Å². The second-order valence-corrected chi connectivity index (χ2v) is 5.80. The lowest BCUT2D eigenvalue weighted by atomic mass is 9.76. The van der Waals surface area contributed by atoms with Crippen LogP contribution in [0.25, 0.3) is 0 Å². The van der Waals surface area contributed by atoms with Gasteiger partial charge in [0, 0.05) is 6.61 Å². The third kappa shape index (κ3) is 3.79. The number of hydrogen-bond donors (Lipinski definition) is 1. The molecule has 1 rings (SSSR count). The molecule has 0 aromatic heterocycles. The first-order chi connectivity index (χ1) is 8.58. The first-order valence-electron chi connectivity index (χ1n) is 6.62. The van der Waals surface area contributed by atoms with Crippen LogP contribution in [0.15, 0.2) is 22.7 Å². The van der Waals surface area contributed by atoms with E-state index in [0.29, 0.717) is 4.47 Å². The highest BCUT2D eigenvalue weighted by Crippen LogP contribution is 2.35. The molecule has 0 spiro atoms. The van der Waals surface area contributed by atoms with Gasteiger partial charge >= 0.3 is 0 Å². The highest BCUT2D eigenvalue weighted by molar-refractivity contribution is 9.10. The van der Waals surface area contributed by atoms with Gasteiger partial charge in [-0.2, -0.15) is 0 Å².